The van der Waals surface area contributed by atoms with Crippen molar-refractivity contribution in [3.8, 4) is 24.3 Å². The topological polar surface area (TPSA) is 138 Å². The number of rotatable bonds is 20. The van der Waals surface area contributed by atoms with E-state index in [4.69, 9.17) is 21.0 Å². The van der Waals surface area contributed by atoms with Crippen LogP contribution in [0.1, 0.15) is 25.7 Å². The highest BCUT2D eigenvalue weighted by molar-refractivity contribution is 4.77. The van der Waals surface area contributed by atoms with E-state index in [0.29, 0.717) is 51.9 Å². The predicted molar refractivity (Wildman–Crippen MR) is 112 cm³/mol. The van der Waals surface area contributed by atoms with Crippen molar-refractivity contribution in [3.63, 3.8) is 0 Å². The van der Waals surface area contributed by atoms with Crippen molar-refractivity contribution in [1.82, 2.24) is 25.8 Å². The van der Waals surface area contributed by atoms with Gasteiger partial charge in [-0.1, -0.05) is 0 Å². The van der Waals surface area contributed by atoms with Gasteiger partial charge in [0.1, 0.15) is 0 Å². The van der Waals surface area contributed by atoms with Crippen LogP contribution >= 0.6 is 0 Å². The van der Waals surface area contributed by atoms with Gasteiger partial charge in [-0.3, -0.25) is 0 Å². The molecular formula is C20H35N9. The van der Waals surface area contributed by atoms with E-state index in [1.165, 1.54) is 0 Å². The number of hydrogen-bond donors (Lipinski definition) is 3. The quantitative estimate of drug-likeness (QED) is 0.241. The minimum Gasteiger partial charge on any atom is -0.314 e. The molecule has 9 heteroatoms. The summed E-state index contributed by atoms with van der Waals surface area (Å²) >= 11 is 0. The Hall–Kier alpha value is -2.24. The molecule has 0 aromatic carbocycles. The van der Waals surface area contributed by atoms with Crippen molar-refractivity contribution in [1.29, 1.82) is 21.0 Å². The van der Waals surface area contributed by atoms with E-state index in [1.54, 1.807) is 0 Å². The van der Waals surface area contributed by atoms with E-state index in [1.807, 2.05) is 0 Å². The molecule has 0 unspecified atom stereocenters. The molecule has 9 nitrogen and oxygen atoms in total. The maximum absolute atomic E-state index is 8.69. The highest BCUT2D eigenvalue weighted by Gasteiger charge is 2.04. The monoisotopic (exact) mass is 401 g/mol. The van der Waals surface area contributed by atoms with Gasteiger partial charge in [0.05, 0.1) is 24.3 Å². The second-order valence-electron chi connectivity index (χ2n) is 6.57. The first-order valence-corrected chi connectivity index (χ1v) is 10.3. The lowest BCUT2D eigenvalue weighted by Crippen LogP contribution is -2.38. The average Bonchev–Trinajstić information content (AvgIpc) is 2.74. The van der Waals surface area contributed by atoms with Crippen molar-refractivity contribution >= 4 is 0 Å². The fourth-order valence-electron chi connectivity index (χ4n) is 2.71. The van der Waals surface area contributed by atoms with Gasteiger partial charge in [0, 0.05) is 104 Å². The van der Waals surface area contributed by atoms with Crippen LogP contribution in [0.25, 0.3) is 0 Å². The molecular weight excluding hydrogens is 366 g/mol. The number of nitrogens with zero attached hydrogens (tertiary/aromatic N) is 6. The number of nitrogens with one attached hydrogen (secondary N) is 3. The van der Waals surface area contributed by atoms with Crippen LogP contribution in [0.2, 0.25) is 0 Å². The average molecular weight is 402 g/mol. The van der Waals surface area contributed by atoms with Gasteiger partial charge in [-0.05, 0) is 0 Å². The highest BCUT2D eigenvalue weighted by atomic mass is 15.1. The summed E-state index contributed by atoms with van der Waals surface area (Å²) in [5, 5.41) is 44.9. The van der Waals surface area contributed by atoms with Crippen molar-refractivity contribution in [2.75, 3.05) is 78.5 Å². The van der Waals surface area contributed by atoms with Crippen LogP contribution in [0.15, 0.2) is 0 Å². The van der Waals surface area contributed by atoms with Gasteiger partial charge in [0.25, 0.3) is 0 Å². The Morgan fingerprint density at radius 3 is 0.966 bits per heavy atom. The summed E-state index contributed by atoms with van der Waals surface area (Å²) in [6, 6.07) is 8.59. The lowest BCUT2D eigenvalue weighted by Gasteiger charge is -2.20. The molecule has 0 aromatic rings. The second kappa shape index (κ2) is 22.1. The number of hydrogen-bond acceptors (Lipinski definition) is 9. The maximum Gasteiger partial charge on any atom is 0.0635 e. The molecule has 0 radical (unpaired) electrons. The normalized spacial score (nSPS) is 10.4. The fraction of sp³-hybridized carbons (Fsp3) is 0.800. The zero-order valence-corrected chi connectivity index (χ0v) is 17.5. The molecule has 0 aliphatic carbocycles. The molecule has 0 heterocycles. The van der Waals surface area contributed by atoms with Gasteiger partial charge in [-0.2, -0.15) is 21.0 Å². The summed E-state index contributed by atoms with van der Waals surface area (Å²) in [5.41, 5.74) is 0. The third-order valence-electron chi connectivity index (χ3n) is 4.33. The van der Waals surface area contributed by atoms with Crippen molar-refractivity contribution < 1.29 is 0 Å². The Bertz CT molecular complexity index is 454. The fourth-order valence-corrected chi connectivity index (χ4v) is 2.71. The van der Waals surface area contributed by atoms with Gasteiger partial charge in [-0.15, -0.1) is 0 Å². The SMILES string of the molecule is N#CCCN(CCC#N)CCNCCNCCNCCN(CCC#N)CCC#N. The molecule has 0 fully saturated rings. The summed E-state index contributed by atoms with van der Waals surface area (Å²) in [6.07, 6.45) is 1.98. The molecule has 0 bridgehead atoms. The summed E-state index contributed by atoms with van der Waals surface area (Å²) < 4.78 is 0. The molecule has 0 atom stereocenters. The third kappa shape index (κ3) is 18.9. The van der Waals surface area contributed by atoms with Gasteiger partial charge in [-0.25, -0.2) is 0 Å². The molecule has 0 amide bonds. The molecule has 0 rings (SSSR count). The molecule has 3 N–H and O–H groups in total. The Labute approximate surface area is 175 Å². The Kier molecular flexibility index (Phi) is 20.3. The molecule has 0 spiro atoms. The van der Waals surface area contributed by atoms with E-state index < -0.39 is 0 Å². The van der Waals surface area contributed by atoms with Crippen molar-refractivity contribution in [3.05, 3.63) is 0 Å². The van der Waals surface area contributed by atoms with Gasteiger partial charge < -0.3 is 25.8 Å². The molecule has 160 valence electrons. The minimum atomic E-state index is 0.494. The predicted octanol–water partition coefficient (Wildman–Crippen LogP) is 0.0139. The van der Waals surface area contributed by atoms with Crippen LogP contribution in [-0.2, 0) is 0 Å². The summed E-state index contributed by atoms with van der Waals surface area (Å²) in [6.45, 7) is 9.77. The third-order valence-corrected chi connectivity index (χ3v) is 4.33. The van der Waals surface area contributed by atoms with Crippen LogP contribution in [0, 0.1) is 45.3 Å². The zero-order chi connectivity index (χ0) is 21.4. The first-order valence-electron chi connectivity index (χ1n) is 10.3. The van der Waals surface area contributed by atoms with E-state index in [0.717, 1.165) is 52.4 Å². The van der Waals surface area contributed by atoms with Crippen LogP contribution in [0.4, 0.5) is 0 Å². The molecule has 0 aromatic heterocycles. The maximum atomic E-state index is 8.69. The summed E-state index contributed by atoms with van der Waals surface area (Å²) in [7, 11) is 0. The highest BCUT2D eigenvalue weighted by Crippen LogP contribution is 1.93. The zero-order valence-electron chi connectivity index (χ0n) is 17.5. The first kappa shape index (κ1) is 26.8. The number of nitriles is 4. The molecule has 0 aliphatic rings. The van der Waals surface area contributed by atoms with Crippen LogP contribution < -0.4 is 16.0 Å². The van der Waals surface area contributed by atoms with E-state index in [9.17, 15) is 0 Å². The summed E-state index contributed by atoms with van der Waals surface area (Å²) in [5.74, 6) is 0. The molecule has 0 saturated carbocycles. The van der Waals surface area contributed by atoms with Crippen LogP contribution in [0.3, 0.4) is 0 Å². The van der Waals surface area contributed by atoms with Crippen LogP contribution in [-0.4, -0.2) is 88.3 Å². The van der Waals surface area contributed by atoms with Crippen LogP contribution in [0.5, 0.6) is 0 Å². The van der Waals surface area contributed by atoms with E-state index >= 15 is 0 Å². The standard InChI is InChI=1S/C20H35N9/c21-5-1-15-28(16-2-6-22)19-13-26-11-9-25-10-12-27-14-20-29(17-3-7-23)18-4-8-24/h25-27H,1-4,9-20H2. The summed E-state index contributed by atoms with van der Waals surface area (Å²) in [4.78, 5) is 4.29. The Morgan fingerprint density at radius 1 is 0.414 bits per heavy atom. The lowest BCUT2D eigenvalue weighted by molar-refractivity contribution is 0.284. The van der Waals surface area contributed by atoms with Crippen molar-refractivity contribution in [2.45, 2.75) is 25.7 Å². The molecule has 0 saturated heterocycles. The second-order valence-corrected chi connectivity index (χ2v) is 6.57. The Morgan fingerprint density at radius 2 is 0.690 bits per heavy atom. The lowest BCUT2D eigenvalue weighted by atomic mass is 10.3. The van der Waals surface area contributed by atoms with Gasteiger partial charge >= 0.3 is 0 Å². The first-order chi connectivity index (χ1) is 14.3. The van der Waals surface area contributed by atoms with Crippen molar-refractivity contribution in [2.24, 2.45) is 0 Å². The molecule has 29 heavy (non-hydrogen) atoms. The largest absolute Gasteiger partial charge is 0.314 e. The van der Waals surface area contributed by atoms with E-state index in [-0.39, 0.29) is 0 Å². The van der Waals surface area contributed by atoms with Gasteiger partial charge in [0.2, 0.25) is 0 Å². The van der Waals surface area contributed by atoms with Gasteiger partial charge in [0.15, 0.2) is 0 Å². The minimum absolute atomic E-state index is 0.494. The molecule has 0 aliphatic heterocycles. The van der Waals surface area contributed by atoms with E-state index in [2.05, 4.69) is 50.0 Å². The smallest absolute Gasteiger partial charge is 0.0635 e. The Balaban J connectivity index is 3.57.